The number of hydrogen-bond donors (Lipinski definition) is 9. The Morgan fingerprint density at radius 1 is 0.821 bits per heavy atom. The Kier molecular flexibility index (Phi) is 9.42. The Bertz CT molecular complexity index is 1460. The maximum absolute atomic E-state index is 12.1. The summed E-state index contributed by atoms with van der Waals surface area (Å²) < 4.78 is 82.1. The standard InChI is InChI=1S/C10H18N5O19P5/c11-8-5-9(13-2-12-8)15(3-14-5)10-7(17)6(16)4(30-10)1-29-36(21,22)32-38(25,26)34-39(27,28)33-37(23,24)31-35(18,19)20/h2-4,6-7,10,16-17H,1H2,(H,21,22)(H,23,24)(H,25,26)(H,27,28)(H2,11,12,13)(H2,18,19,20)/t4-,6?,7?,10-/m1/s1. The minimum Gasteiger partial charge on any atom is -0.387 e. The van der Waals surface area contributed by atoms with Crippen LogP contribution in [-0.2, 0) is 49.3 Å². The number of aliphatic hydroxyl groups is 2. The maximum Gasteiger partial charge on any atom is 0.490 e. The SMILES string of the molecule is Nc1ncnc2c1ncn2[C@@H]1O[C@H](COP(=O)(O)OP(=O)(O)OP(=O)(O)OP(=O)(O)OP(=O)(O)O)C(O)C1O. The summed E-state index contributed by atoms with van der Waals surface area (Å²) in [6.45, 7) is -1.12. The van der Waals surface area contributed by atoms with E-state index in [-0.39, 0.29) is 17.0 Å². The second-order valence-electron chi connectivity index (χ2n) is 7.12. The number of imidazole rings is 1. The lowest BCUT2D eigenvalue weighted by atomic mass is 10.1. The van der Waals surface area contributed by atoms with E-state index in [0.717, 1.165) is 17.2 Å². The molecule has 0 bridgehead atoms. The number of anilines is 1. The third-order valence-electron chi connectivity index (χ3n) is 4.23. The molecule has 8 atom stereocenters. The summed E-state index contributed by atoms with van der Waals surface area (Å²) in [5.74, 6) is -0.0189. The van der Waals surface area contributed by atoms with Crippen LogP contribution >= 0.6 is 39.1 Å². The molecule has 0 amide bonds. The lowest BCUT2D eigenvalue weighted by Crippen LogP contribution is -2.33. The van der Waals surface area contributed by atoms with E-state index in [9.17, 15) is 47.7 Å². The molecule has 24 nitrogen and oxygen atoms in total. The molecule has 0 aromatic carbocycles. The summed E-state index contributed by atoms with van der Waals surface area (Å²) in [6, 6.07) is 0. The van der Waals surface area contributed by atoms with Crippen molar-refractivity contribution < 1.29 is 88.9 Å². The average molecular weight is 667 g/mol. The number of nitrogen functional groups attached to an aromatic ring is 1. The summed E-state index contributed by atoms with van der Waals surface area (Å²) in [5, 5.41) is 20.6. The van der Waals surface area contributed by atoms with Crippen molar-refractivity contribution in [2.75, 3.05) is 12.3 Å². The molecule has 6 unspecified atom stereocenters. The summed E-state index contributed by atoms with van der Waals surface area (Å²) in [7, 11) is -30.1. The number of aliphatic hydroxyl groups excluding tert-OH is 2. The van der Waals surface area contributed by atoms with Gasteiger partial charge in [0.25, 0.3) is 0 Å². The molecule has 0 spiro atoms. The van der Waals surface area contributed by atoms with Gasteiger partial charge < -0.3 is 50.0 Å². The van der Waals surface area contributed by atoms with Gasteiger partial charge in [0, 0.05) is 0 Å². The van der Waals surface area contributed by atoms with Gasteiger partial charge in [0.05, 0.1) is 12.9 Å². The molecule has 3 rings (SSSR count). The van der Waals surface area contributed by atoms with Gasteiger partial charge in [-0.2, -0.15) is 17.2 Å². The van der Waals surface area contributed by atoms with Crippen LogP contribution in [0.5, 0.6) is 0 Å². The van der Waals surface area contributed by atoms with Gasteiger partial charge in [-0.25, -0.2) is 37.8 Å². The fraction of sp³-hybridized carbons (Fsp3) is 0.500. The average Bonchev–Trinajstić information content (AvgIpc) is 3.24. The van der Waals surface area contributed by atoms with Crippen molar-refractivity contribution in [2.24, 2.45) is 0 Å². The van der Waals surface area contributed by atoms with Crippen molar-refractivity contribution in [3.8, 4) is 0 Å². The molecule has 3 heterocycles. The van der Waals surface area contributed by atoms with Gasteiger partial charge in [0.15, 0.2) is 17.7 Å². The molecular weight excluding hydrogens is 649 g/mol. The summed E-state index contributed by atoms with van der Waals surface area (Å²) in [5.41, 5.74) is 5.85. The number of ether oxygens (including phenoxy) is 1. The van der Waals surface area contributed by atoms with E-state index < -0.39 is 70.3 Å². The van der Waals surface area contributed by atoms with Gasteiger partial charge >= 0.3 is 39.1 Å². The Labute approximate surface area is 214 Å². The lowest BCUT2D eigenvalue weighted by Gasteiger charge is -2.20. The molecule has 0 saturated carbocycles. The largest absolute Gasteiger partial charge is 0.490 e. The van der Waals surface area contributed by atoms with Crippen LogP contribution in [0.25, 0.3) is 11.2 Å². The molecule has 10 N–H and O–H groups in total. The third kappa shape index (κ3) is 8.71. The lowest BCUT2D eigenvalue weighted by molar-refractivity contribution is -0.0503. The van der Waals surface area contributed by atoms with Gasteiger partial charge in [-0.3, -0.25) is 9.09 Å². The number of phosphoric acid groups is 5. The van der Waals surface area contributed by atoms with Gasteiger partial charge in [-0.1, -0.05) is 0 Å². The van der Waals surface area contributed by atoms with Crippen LogP contribution < -0.4 is 5.73 Å². The van der Waals surface area contributed by atoms with E-state index in [1.165, 1.54) is 0 Å². The van der Waals surface area contributed by atoms with Gasteiger partial charge in [0.2, 0.25) is 0 Å². The molecule has 2 aromatic rings. The third-order valence-corrected chi connectivity index (χ3v) is 11.3. The molecule has 1 fully saturated rings. The van der Waals surface area contributed by atoms with Crippen LogP contribution in [-0.4, -0.2) is 84.0 Å². The minimum absolute atomic E-state index is 0.0189. The number of nitrogens with zero attached hydrogens (tertiary/aromatic N) is 4. The van der Waals surface area contributed by atoms with Crippen molar-refractivity contribution in [1.82, 2.24) is 19.5 Å². The molecular formula is C10H18N5O19P5. The van der Waals surface area contributed by atoms with E-state index in [1.54, 1.807) is 0 Å². The molecule has 0 aliphatic carbocycles. The van der Waals surface area contributed by atoms with Crippen LogP contribution in [0.2, 0.25) is 0 Å². The Morgan fingerprint density at radius 2 is 1.36 bits per heavy atom. The topological polar surface area (TPSA) is 372 Å². The van der Waals surface area contributed by atoms with Gasteiger partial charge in [0.1, 0.15) is 30.2 Å². The zero-order chi connectivity index (χ0) is 29.6. The van der Waals surface area contributed by atoms with Crippen molar-refractivity contribution in [1.29, 1.82) is 0 Å². The molecule has 222 valence electrons. The zero-order valence-corrected chi connectivity index (χ0v) is 22.8. The molecule has 0 radical (unpaired) electrons. The Balaban J connectivity index is 1.63. The maximum atomic E-state index is 12.1. The number of phosphoric ester groups is 1. The summed E-state index contributed by atoms with van der Waals surface area (Å²) >= 11 is 0. The van der Waals surface area contributed by atoms with Crippen LogP contribution in [0, 0.1) is 0 Å². The van der Waals surface area contributed by atoms with Crippen LogP contribution in [0.4, 0.5) is 5.82 Å². The van der Waals surface area contributed by atoms with E-state index in [2.05, 4.69) is 36.7 Å². The fourth-order valence-electron chi connectivity index (χ4n) is 2.91. The first-order chi connectivity index (χ1) is 17.6. The van der Waals surface area contributed by atoms with Crippen molar-refractivity contribution in [3.05, 3.63) is 12.7 Å². The van der Waals surface area contributed by atoms with Crippen LogP contribution in [0.15, 0.2) is 12.7 Å². The first-order valence-corrected chi connectivity index (χ1v) is 16.9. The summed E-state index contributed by atoms with van der Waals surface area (Å²) in [6.07, 6.45) is -4.32. The molecule has 1 saturated heterocycles. The monoisotopic (exact) mass is 667 g/mol. The number of hydrogen-bond acceptors (Lipinski definition) is 17. The molecule has 39 heavy (non-hydrogen) atoms. The van der Waals surface area contributed by atoms with Gasteiger partial charge in [-0.05, 0) is 0 Å². The second-order valence-corrected chi connectivity index (χ2v) is 14.7. The molecule has 2 aromatic heterocycles. The van der Waals surface area contributed by atoms with E-state index in [1.807, 2.05) is 0 Å². The highest BCUT2D eigenvalue weighted by Crippen LogP contribution is 2.73. The minimum atomic E-state index is -6.26. The molecule has 29 heteroatoms. The summed E-state index contributed by atoms with van der Waals surface area (Å²) in [4.78, 5) is 65.9. The van der Waals surface area contributed by atoms with Crippen molar-refractivity contribution >= 4 is 56.1 Å². The Hall–Kier alpha value is -1.06. The highest BCUT2D eigenvalue weighted by molar-refractivity contribution is 7.71. The van der Waals surface area contributed by atoms with Crippen LogP contribution in [0.1, 0.15) is 6.23 Å². The van der Waals surface area contributed by atoms with E-state index >= 15 is 0 Å². The van der Waals surface area contributed by atoms with Crippen LogP contribution in [0.3, 0.4) is 0 Å². The second kappa shape index (κ2) is 11.3. The number of fused-ring (bicyclic) bond motifs is 1. The number of aromatic nitrogens is 4. The first-order valence-electron chi connectivity index (χ1n) is 9.41. The predicted molar refractivity (Wildman–Crippen MR) is 117 cm³/mol. The predicted octanol–water partition coefficient (Wildman–Crippen LogP) is -1.40. The van der Waals surface area contributed by atoms with Crippen molar-refractivity contribution in [2.45, 2.75) is 24.5 Å². The number of nitrogens with two attached hydrogens (primary N) is 1. The van der Waals surface area contributed by atoms with Crippen molar-refractivity contribution in [3.63, 3.8) is 0 Å². The Morgan fingerprint density at radius 3 is 1.92 bits per heavy atom. The quantitative estimate of drug-likeness (QED) is 0.118. The van der Waals surface area contributed by atoms with Gasteiger partial charge in [-0.15, -0.1) is 0 Å². The normalized spacial score (nSPS) is 28.4. The smallest absolute Gasteiger partial charge is 0.387 e. The molecule has 1 aliphatic rings. The van der Waals surface area contributed by atoms with E-state index in [4.69, 9.17) is 25.2 Å². The first kappa shape index (κ1) is 32.5. The highest BCUT2D eigenvalue weighted by Gasteiger charge is 2.49. The zero-order valence-electron chi connectivity index (χ0n) is 18.3. The highest BCUT2D eigenvalue weighted by atomic mass is 31.3. The fourth-order valence-corrected chi connectivity index (χ4v) is 8.81. The number of rotatable bonds is 12. The van der Waals surface area contributed by atoms with E-state index in [0.29, 0.717) is 0 Å². The molecule has 1 aliphatic heterocycles.